The van der Waals surface area contributed by atoms with Crippen molar-refractivity contribution in [2.45, 2.75) is 45.8 Å². The fourth-order valence-electron chi connectivity index (χ4n) is 2.48. The Labute approximate surface area is 115 Å². The molecular weight excluding hydrogens is 240 g/mol. The molecule has 2 unspecified atom stereocenters. The monoisotopic (exact) mass is 264 g/mol. The van der Waals surface area contributed by atoms with Crippen LogP contribution in [0.25, 0.3) is 0 Å². The van der Waals surface area contributed by atoms with Crippen LogP contribution in [0, 0.1) is 6.92 Å². The Bertz CT molecular complexity index is 424. The van der Waals surface area contributed by atoms with Crippen LogP contribution in [0.1, 0.15) is 32.5 Å². The average molecular weight is 264 g/mol. The number of rotatable bonds is 5. The van der Waals surface area contributed by atoms with Gasteiger partial charge in [0.15, 0.2) is 0 Å². The van der Waals surface area contributed by atoms with Gasteiger partial charge in [0.1, 0.15) is 17.5 Å². The van der Waals surface area contributed by atoms with Crippen LogP contribution in [0.15, 0.2) is 6.07 Å². The van der Waals surface area contributed by atoms with Gasteiger partial charge in [-0.15, -0.1) is 0 Å². The third-order valence-electron chi connectivity index (χ3n) is 3.58. The van der Waals surface area contributed by atoms with E-state index in [1.807, 2.05) is 13.0 Å². The van der Waals surface area contributed by atoms with E-state index in [1.165, 1.54) is 0 Å². The van der Waals surface area contributed by atoms with Crippen LogP contribution in [-0.4, -0.2) is 42.3 Å². The third-order valence-corrected chi connectivity index (χ3v) is 3.58. The molecule has 2 atom stereocenters. The largest absolute Gasteiger partial charge is 0.376 e. The highest BCUT2D eigenvalue weighted by molar-refractivity contribution is 5.49. The molecule has 2 rings (SSSR count). The van der Waals surface area contributed by atoms with E-state index in [1.54, 1.807) is 0 Å². The lowest BCUT2D eigenvalue weighted by atomic mass is 10.1. The van der Waals surface area contributed by atoms with E-state index < -0.39 is 0 Å². The molecule has 0 aliphatic carbocycles. The quantitative estimate of drug-likeness (QED) is 0.883. The van der Waals surface area contributed by atoms with Gasteiger partial charge in [0.25, 0.3) is 0 Å². The molecular formula is C14H24N4O. The first kappa shape index (κ1) is 14.1. The molecule has 0 radical (unpaired) electrons. The maximum absolute atomic E-state index is 5.63. The Balaban J connectivity index is 2.16. The van der Waals surface area contributed by atoms with Crippen molar-refractivity contribution in [2.75, 3.05) is 30.4 Å². The van der Waals surface area contributed by atoms with E-state index >= 15 is 0 Å². The molecule has 1 N–H and O–H groups in total. The summed E-state index contributed by atoms with van der Waals surface area (Å²) in [6.45, 7) is 7.97. The summed E-state index contributed by atoms with van der Waals surface area (Å²) in [7, 11) is 2.08. The van der Waals surface area contributed by atoms with Crippen LogP contribution >= 0.6 is 0 Å². The molecule has 1 aliphatic rings. The predicted molar refractivity (Wildman–Crippen MR) is 77.8 cm³/mol. The van der Waals surface area contributed by atoms with Crippen LogP contribution in [0.3, 0.4) is 0 Å². The molecule has 5 heteroatoms. The van der Waals surface area contributed by atoms with Gasteiger partial charge in [-0.3, -0.25) is 0 Å². The first-order valence-corrected chi connectivity index (χ1v) is 7.05. The highest BCUT2D eigenvalue weighted by Gasteiger charge is 2.28. The molecule has 5 nitrogen and oxygen atoms in total. The van der Waals surface area contributed by atoms with Gasteiger partial charge in [0.2, 0.25) is 0 Å². The van der Waals surface area contributed by atoms with Crippen molar-refractivity contribution in [1.82, 2.24) is 9.97 Å². The summed E-state index contributed by atoms with van der Waals surface area (Å²) in [6, 6.07) is 2.42. The Morgan fingerprint density at radius 1 is 1.47 bits per heavy atom. The zero-order valence-electron chi connectivity index (χ0n) is 12.3. The highest BCUT2D eigenvalue weighted by Crippen LogP contribution is 2.24. The lowest BCUT2D eigenvalue weighted by molar-refractivity contribution is 0.118. The van der Waals surface area contributed by atoms with Crippen molar-refractivity contribution in [1.29, 1.82) is 0 Å². The normalized spacial score (nSPS) is 22.5. The van der Waals surface area contributed by atoms with Crippen LogP contribution in [0.2, 0.25) is 0 Å². The van der Waals surface area contributed by atoms with Gasteiger partial charge < -0.3 is 15.0 Å². The summed E-state index contributed by atoms with van der Waals surface area (Å²) in [5, 5.41) is 3.32. The molecule has 19 heavy (non-hydrogen) atoms. The number of hydrogen-bond donors (Lipinski definition) is 1. The zero-order valence-corrected chi connectivity index (χ0v) is 12.3. The first-order chi connectivity index (χ1) is 9.11. The van der Waals surface area contributed by atoms with Crippen LogP contribution in [-0.2, 0) is 4.74 Å². The molecule has 0 spiro atoms. The molecule has 0 aromatic carbocycles. The van der Waals surface area contributed by atoms with Gasteiger partial charge in [-0.25, -0.2) is 9.97 Å². The summed E-state index contributed by atoms with van der Waals surface area (Å²) < 4.78 is 5.63. The maximum Gasteiger partial charge on any atom is 0.134 e. The first-order valence-electron chi connectivity index (χ1n) is 7.05. The van der Waals surface area contributed by atoms with Gasteiger partial charge in [0.05, 0.1) is 12.1 Å². The third kappa shape index (κ3) is 3.35. The lowest BCUT2D eigenvalue weighted by Crippen LogP contribution is -2.37. The maximum atomic E-state index is 5.63. The number of ether oxygens (including phenoxy) is 1. The Morgan fingerprint density at radius 3 is 2.89 bits per heavy atom. The molecule has 0 bridgehead atoms. The Hall–Kier alpha value is -1.36. The minimum absolute atomic E-state index is 0.257. The van der Waals surface area contributed by atoms with Crippen molar-refractivity contribution in [2.24, 2.45) is 0 Å². The van der Waals surface area contributed by atoms with E-state index in [0.29, 0.717) is 6.04 Å². The zero-order chi connectivity index (χ0) is 13.8. The van der Waals surface area contributed by atoms with Crippen molar-refractivity contribution in [3.8, 4) is 0 Å². The molecule has 0 saturated carbocycles. The smallest absolute Gasteiger partial charge is 0.134 e. The standard InChI is InChI=1S/C14H24N4O/c1-5-7-15-13-9-14(17-11(3)16-13)18(4)12-6-8-19-10(12)2/h9-10,12H,5-8H2,1-4H3,(H,15,16,17). The fourth-order valence-corrected chi connectivity index (χ4v) is 2.48. The summed E-state index contributed by atoms with van der Waals surface area (Å²) in [4.78, 5) is 11.2. The van der Waals surface area contributed by atoms with E-state index in [9.17, 15) is 0 Å². The van der Waals surface area contributed by atoms with Gasteiger partial charge in [-0.1, -0.05) is 6.92 Å². The number of nitrogens with zero attached hydrogens (tertiary/aromatic N) is 3. The summed E-state index contributed by atoms with van der Waals surface area (Å²) in [6.07, 6.45) is 2.40. The topological polar surface area (TPSA) is 50.3 Å². The number of aryl methyl sites for hydroxylation is 1. The number of likely N-dealkylation sites (N-methyl/N-ethyl adjacent to an activating group) is 1. The molecule has 1 fully saturated rings. The van der Waals surface area contributed by atoms with E-state index in [4.69, 9.17) is 4.74 Å². The molecule has 0 amide bonds. The second-order valence-electron chi connectivity index (χ2n) is 5.13. The van der Waals surface area contributed by atoms with Gasteiger partial charge in [-0.2, -0.15) is 0 Å². The summed E-state index contributed by atoms with van der Waals surface area (Å²) in [5.74, 6) is 2.67. The minimum Gasteiger partial charge on any atom is -0.376 e. The second kappa shape index (κ2) is 6.19. The molecule has 1 aromatic rings. The van der Waals surface area contributed by atoms with Crippen molar-refractivity contribution in [3.63, 3.8) is 0 Å². The van der Waals surface area contributed by atoms with Crippen molar-refractivity contribution < 1.29 is 4.74 Å². The highest BCUT2D eigenvalue weighted by atomic mass is 16.5. The Morgan fingerprint density at radius 2 is 2.26 bits per heavy atom. The number of anilines is 2. The van der Waals surface area contributed by atoms with Crippen LogP contribution in [0.4, 0.5) is 11.6 Å². The minimum atomic E-state index is 0.257. The number of aromatic nitrogens is 2. The van der Waals surface area contributed by atoms with Gasteiger partial charge >= 0.3 is 0 Å². The molecule has 106 valence electrons. The SMILES string of the molecule is CCCNc1cc(N(C)C2CCOC2C)nc(C)n1. The van der Waals surface area contributed by atoms with Gasteiger partial charge in [0, 0.05) is 26.3 Å². The van der Waals surface area contributed by atoms with E-state index in [-0.39, 0.29) is 6.10 Å². The van der Waals surface area contributed by atoms with E-state index in [0.717, 1.165) is 43.5 Å². The van der Waals surface area contributed by atoms with E-state index in [2.05, 4.69) is 41.1 Å². The summed E-state index contributed by atoms with van der Waals surface area (Å²) in [5.41, 5.74) is 0. The lowest BCUT2D eigenvalue weighted by Gasteiger charge is -2.28. The second-order valence-corrected chi connectivity index (χ2v) is 5.13. The molecule has 1 aliphatic heterocycles. The Kier molecular flexibility index (Phi) is 4.58. The van der Waals surface area contributed by atoms with Crippen molar-refractivity contribution in [3.05, 3.63) is 11.9 Å². The fraction of sp³-hybridized carbons (Fsp3) is 0.714. The number of nitrogens with one attached hydrogen (secondary N) is 1. The predicted octanol–water partition coefficient (Wildman–Crippen LogP) is 2.22. The van der Waals surface area contributed by atoms with Crippen LogP contribution in [0.5, 0.6) is 0 Å². The molecule has 1 aromatic heterocycles. The summed E-state index contributed by atoms with van der Waals surface area (Å²) >= 11 is 0. The number of hydrogen-bond acceptors (Lipinski definition) is 5. The van der Waals surface area contributed by atoms with Gasteiger partial charge in [-0.05, 0) is 26.7 Å². The van der Waals surface area contributed by atoms with Crippen molar-refractivity contribution >= 4 is 11.6 Å². The van der Waals surface area contributed by atoms with Crippen LogP contribution < -0.4 is 10.2 Å². The molecule has 1 saturated heterocycles. The average Bonchev–Trinajstić information content (AvgIpc) is 2.81. The molecule has 2 heterocycles.